The van der Waals surface area contributed by atoms with Crippen LogP contribution in [0.5, 0.6) is 0 Å². The molecule has 4 rings (SSSR count). The Labute approximate surface area is 140 Å². The van der Waals surface area contributed by atoms with Crippen molar-refractivity contribution >= 4 is 0 Å². The molecule has 0 aliphatic carbocycles. The zero-order valence-electron chi connectivity index (χ0n) is 13.3. The SMILES string of the molecule is [O-][n+]1ccc(CN2CCc3nc(-c4ccccc4)ncc3C2)cc1. The predicted molar refractivity (Wildman–Crippen MR) is 90.7 cm³/mol. The first-order valence-corrected chi connectivity index (χ1v) is 8.08. The average molecular weight is 318 g/mol. The van der Waals surface area contributed by atoms with Gasteiger partial charge in [0.25, 0.3) is 0 Å². The van der Waals surface area contributed by atoms with Gasteiger partial charge in [-0.2, -0.15) is 4.73 Å². The zero-order chi connectivity index (χ0) is 16.4. The molecule has 0 fully saturated rings. The summed E-state index contributed by atoms with van der Waals surface area (Å²) in [5, 5.41) is 11.1. The van der Waals surface area contributed by atoms with Gasteiger partial charge in [-0.3, -0.25) is 4.90 Å². The number of fused-ring (bicyclic) bond motifs is 1. The van der Waals surface area contributed by atoms with E-state index in [0.29, 0.717) is 0 Å². The fourth-order valence-electron chi connectivity index (χ4n) is 3.04. The van der Waals surface area contributed by atoms with E-state index in [9.17, 15) is 5.21 Å². The van der Waals surface area contributed by atoms with Crippen LogP contribution < -0.4 is 4.73 Å². The summed E-state index contributed by atoms with van der Waals surface area (Å²) in [4.78, 5) is 11.6. The number of benzene rings is 1. The second-order valence-corrected chi connectivity index (χ2v) is 6.06. The van der Waals surface area contributed by atoms with Gasteiger partial charge in [0.1, 0.15) is 0 Å². The molecule has 0 spiro atoms. The number of hydrogen-bond donors (Lipinski definition) is 0. The number of nitrogens with zero attached hydrogens (tertiary/aromatic N) is 4. The van der Waals surface area contributed by atoms with Crippen LogP contribution in [0.4, 0.5) is 0 Å². The summed E-state index contributed by atoms with van der Waals surface area (Å²) in [7, 11) is 0. The molecule has 0 saturated heterocycles. The molecule has 0 unspecified atom stereocenters. The van der Waals surface area contributed by atoms with E-state index in [4.69, 9.17) is 4.98 Å². The van der Waals surface area contributed by atoms with Crippen molar-refractivity contribution in [3.8, 4) is 11.4 Å². The van der Waals surface area contributed by atoms with Gasteiger partial charge in [0.05, 0.1) is 5.69 Å². The van der Waals surface area contributed by atoms with Gasteiger partial charge in [0, 0.05) is 55.5 Å². The van der Waals surface area contributed by atoms with Crippen LogP contribution >= 0.6 is 0 Å². The van der Waals surface area contributed by atoms with Gasteiger partial charge in [-0.05, 0) is 5.56 Å². The van der Waals surface area contributed by atoms with Crippen molar-refractivity contribution in [2.24, 2.45) is 0 Å². The third kappa shape index (κ3) is 3.12. The maximum atomic E-state index is 11.1. The van der Waals surface area contributed by atoms with Gasteiger partial charge in [-0.1, -0.05) is 30.3 Å². The Morgan fingerprint density at radius 3 is 2.67 bits per heavy atom. The summed E-state index contributed by atoms with van der Waals surface area (Å²) in [5.41, 5.74) is 4.53. The molecule has 3 aromatic rings. The fourth-order valence-corrected chi connectivity index (χ4v) is 3.04. The number of hydrogen-bond acceptors (Lipinski definition) is 4. The third-order valence-electron chi connectivity index (χ3n) is 4.32. The summed E-state index contributed by atoms with van der Waals surface area (Å²) >= 11 is 0. The van der Waals surface area contributed by atoms with Crippen LogP contribution in [0, 0.1) is 5.21 Å². The molecule has 0 bridgehead atoms. The highest BCUT2D eigenvalue weighted by molar-refractivity contribution is 5.54. The van der Waals surface area contributed by atoms with Crippen molar-refractivity contribution in [3.63, 3.8) is 0 Å². The first-order valence-electron chi connectivity index (χ1n) is 8.08. The predicted octanol–water partition coefficient (Wildman–Crippen LogP) is 2.34. The van der Waals surface area contributed by atoms with Crippen molar-refractivity contribution in [1.29, 1.82) is 0 Å². The van der Waals surface area contributed by atoms with Crippen LogP contribution in [0.2, 0.25) is 0 Å². The van der Waals surface area contributed by atoms with Crippen LogP contribution in [0.3, 0.4) is 0 Å². The van der Waals surface area contributed by atoms with Crippen LogP contribution in [-0.4, -0.2) is 21.4 Å². The molecule has 0 amide bonds. The summed E-state index contributed by atoms with van der Waals surface area (Å²) in [5.74, 6) is 0.797. The monoisotopic (exact) mass is 318 g/mol. The highest BCUT2D eigenvalue weighted by Gasteiger charge is 2.19. The van der Waals surface area contributed by atoms with E-state index in [1.807, 2.05) is 48.7 Å². The summed E-state index contributed by atoms with van der Waals surface area (Å²) < 4.78 is 0.813. The van der Waals surface area contributed by atoms with Crippen LogP contribution in [-0.2, 0) is 19.5 Å². The van der Waals surface area contributed by atoms with Crippen LogP contribution in [0.25, 0.3) is 11.4 Å². The highest BCUT2D eigenvalue weighted by Crippen LogP contribution is 2.21. The number of rotatable bonds is 3. The van der Waals surface area contributed by atoms with Crippen molar-refractivity contribution in [1.82, 2.24) is 14.9 Å². The molecule has 0 N–H and O–H groups in total. The Balaban J connectivity index is 1.50. The third-order valence-corrected chi connectivity index (χ3v) is 4.32. The van der Waals surface area contributed by atoms with E-state index in [2.05, 4.69) is 9.88 Å². The molecule has 2 aromatic heterocycles. The minimum atomic E-state index is 0.797. The van der Waals surface area contributed by atoms with Crippen LogP contribution in [0.15, 0.2) is 61.1 Å². The van der Waals surface area contributed by atoms with Crippen molar-refractivity contribution in [3.05, 3.63) is 83.1 Å². The minimum Gasteiger partial charge on any atom is -0.619 e. The maximum Gasteiger partial charge on any atom is 0.180 e. The molecule has 0 saturated carbocycles. The minimum absolute atomic E-state index is 0.797. The smallest absolute Gasteiger partial charge is 0.180 e. The Kier molecular flexibility index (Phi) is 3.92. The standard InChI is InChI=1S/C19H18N4O/c24-23-10-6-15(7-11-23)13-22-9-8-18-17(14-22)12-20-19(21-18)16-4-2-1-3-5-16/h1-7,10-12H,8-9,13-14H2. The lowest BCUT2D eigenvalue weighted by Gasteiger charge is -2.28. The molecular formula is C19H18N4O. The quantitative estimate of drug-likeness (QED) is 0.549. The fraction of sp³-hybridized carbons (Fsp3) is 0.211. The lowest BCUT2D eigenvalue weighted by atomic mass is 10.1. The number of aromatic nitrogens is 3. The average Bonchev–Trinajstić information content (AvgIpc) is 2.64. The van der Waals surface area contributed by atoms with Gasteiger partial charge in [-0.15, -0.1) is 0 Å². The van der Waals surface area contributed by atoms with Gasteiger partial charge < -0.3 is 5.21 Å². The molecule has 120 valence electrons. The van der Waals surface area contributed by atoms with E-state index >= 15 is 0 Å². The van der Waals surface area contributed by atoms with E-state index < -0.39 is 0 Å². The Bertz CT molecular complexity index is 834. The molecule has 1 aromatic carbocycles. The van der Waals surface area contributed by atoms with Crippen molar-refractivity contribution in [2.75, 3.05) is 6.54 Å². The molecular weight excluding hydrogens is 300 g/mol. The topological polar surface area (TPSA) is 56.0 Å². The Hall–Kier alpha value is -2.79. The molecule has 1 aliphatic heterocycles. The van der Waals surface area contributed by atoms with Gasteiger partial charge in [0.2, 0.25) is 0 Å². The maximum absolute atomic E-state index is 11.1. The summed E-state index contributed by atoms with van der Waals surface area (Å²) in [6, 6.07) is 13.8. The van der Waals surface area contributed by atoms with Gasteiger partial charge in [0.15, 0.2) is 18.2 Å². The Morgan fingerprint density at radius 1 is 1.08 bits per heavy atom. The first-order chi connectivity index (χ1) is 11.8. The normalized spacial score (nSPS) is 14.3. The molecule has 5 heteroatoms. The van der Waals surface area contributed by atoms with E-state index in [1.54, 1.807) is 12.4 Å². The van der Waals surface area contributed by atoms with E-state index in [0.717, 1.165) is 53.4 Å². The second-order valence-electron chi connectivity index (χ2n) is 6.06. The van der Waals surface area contributed by atoms with Gasteiger partial charge in [-0.25, -0.2) is 9.97 Å². The van der Waals surface area contributed by atoms with Crippen LogP contribution in [0.1, 0.15) is 16.8 Å². The van der Waals surface area contributed by atoms with Crippen molar-refractivity contribution < 1.29 is 4.73 Å². The number of pyridine rings is 1. The molecule has 1 aliphatic rings. The summed E-state index contributed by atoms with van der Waals surface area (Å²) in [6.07, 6.45) is 5.96. The molecule has 5 nitrogen and oxygen atoms in total. The van der Waals surface area contributed by atoms with E-state index in [1.165, 1.54) is 5.56 Å². The lowest BCUT2D eigenvalue weighted by Crippen LogP contribution is -2.31. The molecule has 3 heterocycles. The highest BCUT2D eigenvalue weighted by atomic mass is 16.5. The zero-order valence-corrected chi connectivity index (χ0v) is 13.3. The summed E-state index contributed by atoms with van der Waals surface area (Å²) in [6.45, 7) is 2.64. The molecule has 0 radical (unpaired) electrons. The largest absolute Gasteiger partial charge is 0.619 e. The molecule has 0 atom stereocenters. The first kappa shape index (κ1) is 14.8. The lowest BCUT2D eigenvalue weighted by molar-refractivity contribution is -0.605. The van der Waals surface area contributed by atoms with Crippen molar-refractivity contribution in [2.45, 2.75) is 19.5 Å². The Morgan fingerprint density at radius 2 is 1.88 bits per heavy atom. The molecule has 24 heavy (non-hydrogen) atoms. The van der Waals surface area contributed by atoms with Gasteiger partial charge >= 0.3 is 0 Å². The van der Waals surface area contributed by atoms with E-state index in [-0.39, 0.29) is 0 Å². The second kappa shape index (κ2) is 6.37.